The van der Waals surface area contributed by atoms with E-state index in [9.17, 15) is 31.5 Å². The fourth-order valence-electron chi connectivity index (χ4n) is 3.93. The number of aromatic nitrogens is 2. The van der Waals surface area contributed by atoms with Crippen LogP contribution in [0.4, 0.5) is 23.7 Å². The van der Waals surface area contributed by atoms with Gasteiger partial charge in [-0.2, -0.15) is 0 Å². The van der Waals surface area contributed by atoms with Gasteiger partial charge in [0.05, 0.1) is 29.0 Å². The predicted octanol–water partition coefficient (Wildman–Crippen LogP) is 2.80. The van der Waals surface area contributed by atoms with Gasteiger partial charge in [0.15, 0.2) is 11.6 Å². The summed E-state index contributed by atoms with van der Waals surface area (Å²) in [5, 5.41) is 11.5. The van der Waals surface area contributed by atoms with Gasteiger partial charge in [-0.25, -0.2) is 31.4 Å². The van der Waals surface area contributed by atoms with E-state index in [-0.39, 0.29) is 18.5 Å². The highest BCUT2D eigenvalue weighted by Crippen LogP contribution is 2.35. The van der Waals surface area contributed by atoms with Crippen LogP contribution in [-0.4, -0.2) is 41.5 Å². The molecule has 2 heterocycles. The van der Waals surface area contributed by atoms with E-state index in [4.69, 9.17) is 0 Å². The summed E-state index contributed by atoms with van der Waals surface area (Å²) in [6.07, 6.45) is -0.278. The minimum Gasteiger partial charge on any atom is -0.465 e. The van der Waals surface area contributed by atoms with Gasteiger partial charge >= 0.3 is 6.09 Å². The number of nitrogens with one attached hydrogen (secondary N) is 2. The molecule has 3 aromatic rings. The number of hydrogen-bond donors (Lipinski definition) is 3. The van der Waals surface area contributed by atoms with Gasteiger partial charge in [0, 0.05) is 24.9 Å². The molecule has 1 aliphatic heterocycles. The summed E-state index contributed by atoms with van der Waals surface area (Å²) in [7, 11) is -3.50. The lowest BCUT2D eigenvalue weighted by molar-refractivity contribution is 0.183. The number of hydrogen-bond acceptors (Lipinski definition) is 4. The molecule has 1 aromatic heterocycles. The summed E-state index contributed by atoms with van der Waals surface area (Å²) >= 11 is 0. The Balaban J connectivity index is 1.78. The first-order valence-corrected chi connectivity index (χ1v) is 11.0. The second kappa shape index (κ2) is 7.45. The second-order valence-corrected chi connectivity index (χ2v) is 9.12. The summed E-state index contributed by atoms with van der Waals surface area (Å²) in [6.45, 7) is 0.0695. The highest BCUT2D eigenvalue weighted by atomic mass is 32.2. The van der Waals surface area contributed by atoms with Crippen molar-refractivity contribution in [2.75, 3.05) is 11.0 Å². The first-order chi connectivity index (χ1) is 14.5. The van der Waals surface area contributed by atoms with E-state index in [0.29, 0.717) is 28.6 Å². The Morgan fingerprint density at radius 3 is 2.55 bits per heavy atom. The van der Waals surface area contributed by atoms with Crippen molar-refractivity contribution in [3.8, 4) is 0 Å². The first kappa shape index (κ1) is 21.0. The molecule has 0 spiro atoms. The molecule has 3 N–H and O–H groups in total. The summed E-state index contributed by atoms with van der Waals surface area (Å²) in [6, 6.07) is 5.03. The Bertz CT molecular complexity index is 1310. The zero-order chi connectivity index (χ0) is 22.5. The smallest absolute Gasteiger partial charge is 0.404 e. The van der Waals surface area contributed by atoms with E-state index >= 15 is 0 Å². The van der Waals surface area contributed by atoms with Crippen LogP contribution in [0, 0.1) is 17.5 Å². The second-order valence-electron chi connectivity index (χ2n) is 7.37. The van der Waals surface area contributed by atoms with Crippen LogP contribution >= 0.6 is 0 Å². The topological polar surface area (TPSA) is 113 Å². The molecule has 0 saturated heterocycles. The number of rotatable bonds is 4. The van der Waals surface area contributed by atoms with Gasteiger partial charge in [0.25, 0.3) is 0 Å². The first-order valence-electron chi connectivity index (χ1n) is 9.12. The minimum atomic E-state index is -3.50. The molecule has 0 saturated carbocycles. The molecule has 2 atom stereocenters. The van der Waals surface area contributed by atoms with Gasteiger partial charge < -0.3 is 15.0 Å². The Labute approximate surface area is 174 Å². The summed E-state index contributed by atoms with van der Waals surface area (Å²) in [5.74, 6) is -3.91. The highest BCUT2D eigenvalue weighted by molar-refractivity contribution is 7.92. The van der Waals surface area contributed by atoms with Gasteiger partial charge in [0.2, 0.25) is 10.0 Å². The van der Waals surface area contributed by atoms with Gasteiger partial charge in [-0.05, 0) is 29.8 Å². The number of anilines is 1. The maximum Gasteiger partial charge on any atom is 0.404 e. The van der Waals surface area contributed by atoms with E-state index in [1.807, 2.05) is 0 Å². The number of amides is 1. The van der Waals surface area contributed by atoms with E-state index in [0.717, 1.165) is 12.3 Å². The van der Waals surface area contributed by atoms with Crippen molar-refractivity contribution in [3.05, 3.63) is 59.2 Å². The van der Waals surface area contributed by atoms with E-state index < -0.39 is 45.5 Å². The molecular formula is C19H17F3N4O4S. The lowest BCUT2D eigenvalue weighted by Crippen LogP contribution is -2.45. The van der Waals surface area contributed by atoms with E-state index in [1.54, 1.807) is 16.7 Å². The fourth-order valence-corrected chi connectivity index (χ4v) is 4.49. The van der Waals surface area contributed by atoms with Crippen molar-refractivity contribution in [2.24, 2.45) is 0 Å². The Hall–Kier alpha value is -3.28. The van der Waals surface area contributed by atoms with Gasteiger partial charge in [0.1, 0.15) is 11.6 Å². The van der Waals surface area contributed by atoms with Crippen molar-refractivity contribution in [1.29, 1.82) is 0 Å². The molecule has 12 heteroatoms. The number of benzene rings is 2. The van der Waals surface area contributed by atoms with Crippen molar-refractivity contribution in [1.82, 2.24) is 14.9 Å². The molecule has 2 aromatic carbocycles. The molecule has 1 amide bonds. The molecule has 0 unspecified atom stereocenters. The zero-order valence-corrected chi connectivity index (χ0v) is 16.9. The van der Waals surface area contributed by atoms with Crippen LogP contribution in [0.2, 0.25) is 0 Å². The Morgan fingerprint density at radius 1 is 1.16 bits per heavy atom. The summed E-state index contributed by atoms with van der Waals surface area (Å²) in [4.78, 5) is 15.8. The Morgan fingerprint density at radius 2 is 1.87 bits per heavy atom. The highest BCUT2D eigenvalue weighted by Gasteiger charge is 2.35. The zero-order valence-electron chi connectivity index (χ0n) is 16.1. The largest absolute Gasteiger partial charge is 0.465 e. The third-order valence-corrected chi connectivity index (χ3v) is 5.75. The molecule has 0 fully saturated rings. The van der Waals surface area contributed by atoms with Gasteiger partial charge in [-0.1, -0.05) is 0 Å². The maximum atomic E-state index is 14.4. The van der Waals surface area contributed by atoms with Crippen LogP contribution in [0.1, 0.15) is 17.3 Å². The number of fused-ring (bicyclic) bond motifs is 3. The molecular weight excluding hydrogens is 437 g/mol. The average Bonchev–Trinajstić information content (AvgIpc) is 2.99. The standard InChI is InChI=1S/C19H17F3N4O4S/c1-31(29,30)25-9-2-3-17-15(4-9)23-18-6-11(16(8-26(17)18)24-19(27)28)10-5-13(21)14(22)7-12(10)20/h2-5,7,11,16,24-25H,6,8H2,1H3,(H,27,28)/t11-,16+/m1/s1. The number of carboxylic acid groups (broad SMARTS) is 1. The van der Waals surface area contributed by atoms with Crippen molar-refractivity contribution < 1.29 is 31.5 Å². The molecule has 0 aliphatic carbocycles. The van der Waals surface area contributed by atoms with Crippen molar-refractivity contribution in [2.45, 2.75) is 24.9 Å². The van der Waals surface area contributed by atoms with Crippen LogP contribution in [0.3, 0.4) is 0 Å². The van der Waals surface area contributed by atoms with Crippen LogP contribution in [-0.2, 0) is 23.0 Å². The number of sulfonamides is 1. The monoisotopic (exact) mass is 454 g/mol. The van der Waals surface area contributed by atoms with Crippen LogP contribution < -0.4 is 10.0 Å². The third kappa shape index (κ3) is 4.15. The molecule has 4 rings (SSSR count). The summed E-state index contributed by atoms with van der Waals surface area (Å²) in [5.41, 5.74) is 1.21. The predicted molar refractivity (Wildman–Crippen MR) is 106 cm³/mol. The average molecular weight is 454 g/mol. The number of imidazole rings is 1. The fraction of sp³-hybridized carbons (Fsp3) is 0.263. The normalized spacial score (nSPS) is 18.6. The number of carbonyl (C=O) groups is 1. The minimum absolute atomic E-state index is 0.0520. The quantitative estimate of drug-likeness (QED) is 0.525. The lowest BCUT2D eigenvalue weighted by atomic mass is 9.85. The number of halogens is 3. The maximum absolute atomic E-state index is 14.4. The van der Waals surface area contributed by atoms with Crippen molar-refractivity contribution in [3.63, 3.8) is 0 Å². The van der Waals surface area contributed by atoms with Crippen LogP contribution in [0.25, 0.3) is 11.0 Å². The van der Waals surface area contributed by atoms with Crippen LogP contribution in [0.5, 0.6) is 0 Å². The molecule has 164 valence electrons. The molecule has 0 bridgehead atoms. The molecule has 0 radical (unpaired) electrons. The molecule has 31 heavy (non-hydrogen) atoms. The van der Waals surface area contributed by atoms with E-state index in [2.05, 4.69) is 15.0 Å². The van der Waals surface area contributed by atoms with Gasteiger partial charge in [-0.15, -0.1) is 0 Å². The number of nitrogens with zero attached hydrogens (tertiary/aromatic N) is 2. The lowest BCUT2D eigenvalue weighted by Gasteiger charge is -2.33. The molecule has 8 nitrogen and oxygen atoms in total. The van der Waals surface area contributed by atoms with Crippen LogP contribution in [0.15, 0.2) is 30.3 Å². The van der Waals surface area contributed by atoms with E-state index in [1.165, 1.54) is 6.07 Å². The third-order valence-electron chi connectivity index (χ3n) is 5.15. The van der Waals surface area contributed by atoms with Gasteiger partial charge in [-0.3, -0.25) is 4.72 Å². The van der Waals surface area contributed by atoms with Crippen molar-refractivity contribution >= 4 is 32.8 Å². The Kier molecular flexibility index (Phi) is 5.04. The molecule has 1 aliphatic rings. The summed E-state index contributed by atoms with van der Waals surface area (Å²) < 4.78 is 68.6. The SMILES string of the molecule is CS(=O)(=O)Nc1ccc2c(c1)nc1n2C[C@H](NC(=O)O)[C@@H](c2cc(F)c(F)cc2F)C1.